The number of anilines is 1. The highest BCUT2D eigenvalue weighted by molar-refractivity contribution is 5.45. The molecule has 0 saturated heterocycles. The van der Waals surface area contributed by atoms with E-state index < -0.39 is 12.6 Å². The summed E-state index contributed by atoms with van der Waals surface area (Å²) < 4.78 is 35.5. The number of alkyl halides is 3. The molecule has 0 radical (unpaired) electrons. The molecule has 0 aromatic carbocycles. The van der Waals surface area contributed by atoms with E-state index in [0.29, 0.717) is 5.69 Å². The molecule has 0 aliphatic rings. The van der Waals surface area contributed by atoms with Gasteiger partial charge in [-0.05, 0) is 18.6 Å². The Bertz CT molecular complexity index is 382. The Kier molecular flexibility index (Phi) is 4.11. The monoisotopic (exact) mass is 229 g/mol. The third kappa shape index (κ3) is 4.64. The van der Waals surface area contributed by atoms with Crippen LogP contribution < -0.4 is 5.32 Å². The minimum atomic E-state index is -4.11. The van der Waals surface area contributed by atoms with Crippen molar-refractivity contribution >= 4 is 5.69 Å². The maximum atomic E-state index is 11.8. The van der Waals surface area contributed by atoms with Crippen molar-refractivity contribution in [2.24, 2.45) is 0 Å². The predicted octanol–water partition coefficient (Wildman–Crippen LogP) is 2.71. The van der Waals surface area contributed by atoms with Crippen LogP contribution in [-0.4, -0.2) is 17.7 Å². The number of halogens is 3. The molecule has 0 aliphatic carbocycles. The Morgan fingerprint density at radius 1 is 1.44 bits per heavy atom. The van der Waals surface area contributed by atoms with Gasteiger partial charge in [0.1, 0.15) is 11.8 Å². The van der Waals surface area contributed by atoms with Gasteiger partial charge in [-0.15, -0.1) is 0 Å². The zero-order valence-electron chi connectivity index (χ0n) is 8.38. The summed E-state index contributed by atoms with van der Waals surface area (Å²) in [7, 11) is 0. The van der Waals surface area contributed by atoms with Crippen molar-refractivity contribution < 1.29 is 13.2 Å². The molecule has 6 heteroatoms. The van der Waals surface area contributed by atoms with Gasteiger partial charge < -0.3 is 5.32 Å². The fourth-order valence-corrected chi connectivity index (χ4v) is 1.12. The van der Waals surface area contributed by atoms with E-state index in [4.69, 9.17) is 5.26 Å². The SMILES string of the molecule is N#Cc1cc(NCCCC(F)(F)F)ccn1. The van der Waals surface area contributed by atoms with Crippen LogP contribution in [0.3, 0.4) is 0 Å². The van der Waals surface area contributed by atoms with Crippen LogP contribution in [0.2, 0.25) is 0 Å². The first-order valence-corrected chi connectivity index (χ1v) is 4.68. The molecule has 0 unspecified atom stereocenters. The highest BCUT2D eigenvalue weighted by Crippen LogP contribution is 2.21. The number of nitrogens with one attached hydrogen (secondary N) is 1. The number of hydrogen-bond acceptors (Lipinski definition) is 3. The van der Waals surface area contributed by atoms with Crippen LogP contribution >= 0.6 is 0 Å². The smallest absolute Gasteiger partial charge is 0.385 e. The molecule has 1 aromatic rings. The zero-order chi connectivity index (χ0) is 12.0. The number of aromatic nitrogens is 1. The Morgan fingerprint density at radius 2 is 2.19 bits per heavy atom. The molecule has 3 nitrogen and oxygen atoms in total. The highest BCUT2D eigenvalue weighted by atomic mass is 19.4. The van der Waals surface area contributed by atoms with Gasteiger partial charge in [-0.2, -0.15) is 18.4 Å². The zero-order valence-corrected chi connectivity index (χ0v) is 8.38. The van der Waals surface area contributed by atoms with E-state index in [1.807, 2.05) is 6.07 Å². The van der Waals surface area contributed by atoms with Crippen LogP contribution in [0.5, 0.6) is 0 Å². The maximum Gasteiger partial charge on any atom is 0.389 e. The average molecular weight is 229 g/mol. The third-order valence-corrected chi connectivity index (χ3v) is 1.84. The summed E-state index contributed by atoms with van der Waals surface area (Å²) in [6, 6.07) is 4.95. The molecular formula is C10H10F3N3. The van der Waals surface area contributed by atoms with Gasteiger partial charge in [-0.3, -0.25) is 0 Å². The molecule has 0 aliphatic heterocycles. The second-order valence-electron chi connectivity index (χ2n) is 3.19. The topological polar surface area (TPSA) is 48.7 Å². The van der Waals surface area contributed by atoms with Crippen molar-refractivity contribution in [2.75, 3.05) is 11.9 Å². The lowest BCUT2D eigenvalue weighted by Crippen LogP contribution is -2.11. The van der Waals surface area contributed by atoms with Crippen molar-refractivity contribution in [3.8, 4) is 6.07 Å². The summed E-state index contributed by atoms with van der Waals surface area (Å²) in [6.45, 7) is 0.217. The highest BCUT2D eigenvalue weighted by Gasteiger charge is 2.25. The Balaban J connectivity index is 2.35. The first-order valence-electron chi connectivity index (χ1n) is 4.68. The van der Waals surface area contributed by atoms with Gasteiger partial charge >= 0.3 is 6.18 Å². The number of nitrogens with zero attached hydrogens (tertiary/aromatic N) is 2. The van der Waals surface area contributed by atoms with E-state index in [-0.39, 0.29) is 18.7 Å². The average Bonchev–Trinajstić information content (AvgIpc) is 2.23. The fourth-order valence-electron chi connectivity index (χ4n) is 1.12. The standard InChI is InChI=1S/C10H10F3N3/c11-10(12,13)3-1-4-15-8-2-5-16-9(6-8)7-14/h2,5-6H,1,3-4H2,(H,15,16). The maximum absolute atomic E-state index is 11.8. The second-order valence-corrected chi connectivity index (χ2v) is 3.19. The molecule has 0 bridgehead atoms. The first kappa shape index (κ1) is 12.3. The molecular weight excluding hydrogens is 219 g/mol. The second kappa shape index (κ2) is 5.35. The molecule has 1 aromatic heterocycles. The Labute approximate surface area is 90.9 Å². The van der Waals surface area contributed by atoms with Crippen LogP contribution in [-0.2, 0) is 0 Å². The number of rotatable bonds is 4. The molecule has 0 atom stereocenters. The summed E-state index contributed by atoms with van der Waals surface area (Å²) in [5.41, 5.74) is 0.842. The Hall–Kier alpha value is -1.77. The minimum Gasteiger partial charge on any atom is -0.385 e. The van der Waals surface area contributed by atoms with Gasteiger partial charge in [0, 0.05) is 24.8 Å². The van der Waals surface area contributed by atoms with Gasteiger partial charge in [0.05, 0.1) is 0 Å². The van der Waals surface area contributed by atoms with Crippen molar-refractivity contribution in [3.05, 3.63) is 24.0 Å². The molecule has 1 N–H and O–H groups in total. The van der Waals surface area contributed by atoms with E-state index in [1.165, 1.54) is 12.3 Å². The third-order valence-electron chi connectivity index (χ3n) is 1.84. The molecule has 1 rings (SSSR count). The normalized spacial score (nSPS) is 10.9. The van der Waals surface area contributed by atoms with E-state index in [2.05, 4.69) is 10.3 Å². The van der Waals surface area contributed by atoms with Gasteiger partial charge in [0.15, 0.2) is 0 Å². The lowest BCUT2D eigenvalue weighted by Gasteiger charge is -2.08. The van der Waals surface area contributed by atoms with E-state index in [0.717, 1.165) is 0 Å². The first-order chi connectivity index (χ1) is 7.51. The van der Waals surface area contributed by atoms with Crippen LogP contribution in [0.25, 0.3) is 0 Å². The van der Waals surface area contributed by atoms with Crippen molar-refractivity contribution in [1.29, 1.82) is 5.26 Å². The summed E-state index contributed by atoms with van der Waals surface area (Å²) in [4.78, 5) is 3.74. The van der Waals surface area contributed by atoms with Crippen LogP contribution in [0.1, 0.15) is 18.5 Å². The van der Waals surface area contributed by atoms with E-state index >= 15 is 0 Å². The van der Waals surface area contributed by atoms with E-state index in [9.17, 15) is 13.2 Å². The molecule has 0 spiro atoms. The molecule has 1 heterocycles. The molecule has 86 valence electrons. The quantitative estimate of drug-likeness (QED) is 0.807. The number of hydrogen-bond donors (Lipinski definition) is 1. The summed E-state index contributed by atoms with van der Waals surface area (Å²) in [5, 5.41) is 11.4. The summed E-state index contributed by atoms with van der Waals surface area (Å²) in [5.74, 6) is 0. The summed E-state index contributed by atoms with van der Waals surface area (Å²) in [6.07, 6.45) is -3.48. The molecule has 0 saturated carbocycles. The Morgan fingerprint density at radius 3 is 2.81 bits per heavy atom. The predicted molar refractivity (Wildman–Crippen MR) is 52.7 cm³/mol. The van der Waals surface area contributed by atoms with Crippen molar-refractivity contribution in [3.63, 3.8) is 0 Å². The van der Waals surface area contributed by atoms with Gasteiger partial charge in [0.2, 0.25) is 0 Å². The number of nitriles is 1. The van der Waals surface area contributed by atoms with E-state index in [1.54, 1.807) is 6.07 Å². The molecule has 16 heavy (non-hydrogen) atoms. The van der Waals surface area contributed by atoms with Crippen LogP contribution in [0.15, 0.2) is 18.3 Å². The lowest BCUT2D eigenvalue weighted by molar-refractivity contribution is -0.134. The minimum absolute atomic E-state index is 0.00765. The fraction of sp³-hybridized carbons (Fsp3) is 0.400. The lowest BCUT2D eigenvalue weighted by atomic mass is 10.3. The van der Waals surface area contributed by atoms with Gasteiger partial charge in [0.25, 0.3) is 0 Å². The van der Waals surface area contributed by atoms with Crippen LogP contribution in [0, 0.1) is 11.3 Å². The molecule has 0 fully saturated rings. The number of pyridine rings is 1. The van der Waals surface area contributed by atoms with Crippen molar-refractivity contribution in [2.45, 2.75) is 19.0 Å². The molecule has 0 amide bonds. The van der Waals surface area contributed by atoms with Gasteiger partial charge in [-0.1, -0.05) is 0 Å². The van der Waals surface area contributed by atoms with Gasteiger partial charge in [-0.25, -0.2) is 4.98 Å². The summed E-state index contributed by atoms with van der Waals surface area (Å²) >= 11 is 0. The largest absolute Gasteiger partial charge is 0.389 e. The van der Waals surface area contributed by atoms with Crippen LogP contribution in [0.4, 0.5) is 18.9 Å². The van der Waals surface area contributed by atoms with Crippen molar-refractivity contribution in [1.82, 2.24) is 4.98 Å².